The normalized spacial score (nSPS) is 10.2. The molecule has 3 aromatic carbocycles. The number of carbonyl (C=O) groups excluding carboxylic acids is 4. The lowest BCUT2D eigenvalue weighted by atomic mass is 10.2. The number of aromatic amines is 3. The topological polar surface area (TPSA) is 325 Å². The highest BCUT2D eigenvalue weighted by Crippen LogP contribution is 2.14. The van der Waals surface area contributed by atoms with E-state index in [9.17, 15) is 61.4 Å². The second kappa shape index (κ2) is 24.2. The van der Waals surface area contributed by atoms with Crippen LogP contribution in [0.1, 0.15) is 79.2 Å². The Morgan fingerprint density at radius 1 is 0.493 bits per heavy atom. The maximum atomic E-state index is 12.8. The number of esters is 1. The lowest BCUT2D eigenvalue weighted by molar-refractivity contribution is 0.0587. The second-order valence-electron chi connectivity index (χ2n) is 13.7. The van der Waals surface area contributed by atoms with Crippen molar-refractivity contribution in [2.24, 2.45) is 0 Å². The fraction of sp³-hybridized carbons (Fsp3) is 0.133. The summed E-state index contributed by atoms with van der Waals surface area (Å²) < 4.78 is 52.6. The Morgan fingerprint density at radius 2 is 0.797 bits per heavy atom. The van der Waals surface area contributed by atoms with E-state index in [4.69, 9.17) is 19.7 Å². The van der Waals surface area contributed by atoms with Crippen molar-refractivity contribution in [2.45, 2.75) is 19.6 Å². The van der Waals surface area contributed by atoms with Crippen LogP contribution in [-0.4, -0.2) is 87.2 Å². The average Bonchev–Trinajstić information content (AvgIpc) is 3.33. The summed E-state index contributed by atoms with van der Waals surface area (Å²) in [6.07, 6.45) is 3.02. The van der Waals surface area contributed by atoms with Crippen LogP contribution in [0, 0.1) is 17.5 Å². The van der Waals surface area contributed by atoms with Gasteiger partial charge in [0.05, 0.1) is 21.3 Å². The largest absolute Gasteiger partial charge is 0.502 e. The number of carboxylic acid groups (broad SMARTS) is 2. The van der Waals surface area contributed by atoms with Gasteiger partial charge in [0.2, 0.25) is 16.3 Å². The van der Waals surface area contributed by atoms with Gasteiger partial charge in [-0.3, -0.25) is 28.8 Å². The molecule has 69 heavy (non-hydrogen) atoms. The number of amides is 3. The third-order valence-electron chi connectivity index (χ3n) is 9.19. The molecule has 0 aliphatic rings. The molecule has 6 aromatic rings. The molecule has 3 aromatic heterocycles. The number of methoxy groups -OCH3 is 3. The summed E-state index contributed by atoms with van der Waals surface area (Å²) in [7, 11) is 3.50. The zero-order chi connectivity index (χ0) is 50.9. The van der Waals surface area contributed by atoms with Gasteiger partial charge in [0, 0.05) is 38.2 Å². The van der Waals surface area contributed by atoms with Crippen LogP contribution in [0.25, 0.3) is 0 Å². The first-order chi connectivity index (χ1) is 32.8. The van der Waals surface area contributed by atoms with E-state index in [1.54, 1.807) is 0 Å². The standard InChI is InChI=1S/C16H15FN2O5.C15H13FN2O5.C14H11FN2O5/c1-23-14-12(16(22)24-2)18-8-11(13(14)20)15(21)19-7-9-3-5-10(17)6-4-9;1-23-13-11(15(21)22)17-7-10(12(13)19)14(20)18-6-8-2-4-9(16)5-3-8;15-8-3-1-7(2-4-8)5-17-13(20)9-6-16-10(14(21)22)12(19)11(9)18/h3-6,8H,7H2,1-2H3,(H,18,20)(H,19,21);2-5,7H,6H2,1H3,(H,17,19)(H,18,20)(H,21,22);1-4,6,19H,5H2,(H,16,18)(H,17,20)(H,21,22). The lowest BCUT2D eigenvalue weighted by Crippen LogP contribution is -2.30. The Morgan fingerprint density at radius 3 is 1.12 bits per heavy atom. The number of aromatic nitrogens is 3. The molecule has 0 spiro atoms. The van der Waals surface area contributed by atoms with Crippen molar-refractivity contribution in [1.29, 1.82) is 0 Å². The highest BCUT2D eigenvalue weighted by Gasteiger charge is 2.24. The zero-order valence-electron chi connectivity index (χ0n) is 36.2. The van der Waals surface area contributed by atoms with Gasteiger partial charge < -0.3 is 60.4 Å². The predicted molar refractivity (Wildman–Crippen MR) is 234 cm³/mol. The van der Waals surface area contributed by atoms with Gasteiger partial charge in [-0.2, -0.15) is 0 Å². The summed E-state index contributed by atoms with van der Waals surface area (Å²) in [5.74, 6) is -8.84. The van der Waals surface area contributed by atoms with Crippen molar-refractivity contribution in [3.8, 4) is 17.2 Å². The van der Waals surface area contributed by atoms with Gasteiger partial charge in [-0.15, -0.1) is 0 Å². The van der Waals surface area contributed by atoms with E-state index in [1.165, 1.54) is 79.9 Å². The van der Waals surface area contributed by atoms with Crippen LogP contribution in [0.5, 0.6) is 17.2 Å². The quantitative estimate of drug-likeness (QED) is 0.0708. The van der Waals surface area contributed by atoms with Gasteiger partial charge in [0.25, 0.3) is 17.7 Å². The van der Waals surface area contributed by atoms with E-state index in [0.717, 1.165) is 32.8 Å². The summed E-state index contributed by atoms with van der Waals surface area (Å²) in [6, 6.07) is 16.4. The number of aromatic carboxylic acids is 2. The number of ether oxygens (including phenoxy) is 3. The van der Waals surface area contributed by atoms with E-state index in [0.29, 0.717) is 16.7 Å². The number of hydrogen-bond donors (Lipinski definition) is 9. The smallest absolute Gasteiger partial charge is 0.358 e. The number of halogens is 3. The van der Waals surface area contributed by atoms with Crippen LogP contribution in [0.3, 0.4) is 0 Å². The van der Waals surface area contributed by atoms with Gasteiger partial charge >= 0.3 is 17.9 Å². The molecular weight excluding hydrogens is 922 g/mol. The van der Waals surface area contributed by atoms with Crippen molar-refractivity contribution in [3.05, 3.63) is 190 Å². The monoisotopic (exact) mass is 960 g/mol. The molecule has 0 aliphatic carbocycles. The number of rotatable bonds is 14. The first kappa shape index (κ1) is 52.1. The summed E-state index contributed by atoms with van der Waals surface area (Å²) in [4.78, 5) is 113. The van der Waals surface area contributed by atoms with Gasteiger partial charge in [0.1, 0.15) is 34.1 Å². The molecule has 0 fully saturated rings. The summed E-state index contributed by atoms with van der Waals surface area (Å²) in [5, 5.41) is 34.6. The number of nitrogens with one attached hydrogen (secondary N) is 6. The molecule has 0 radical (unpaired) electrons. The molecule has 360 valence electrons. The summed E-state index contributed by atoms with van der Waals surface area (Å²) in [6.45, 7) is 0.237. The Hall–Kier alpha value is -9.48. The van der Waals surface area contributed by atoms with Crippen molar-refractivity contribution >= 4 is 35.6 Å². The number of benzene rings is 3. The number of aromatic hydroxyl groups is 1. The van der Waals surface area contributed by atoms with Gasteiger partial charge in [-0.05, 0) is 53.1 Å². The maximum Gasteiger partial charge on any atom is 0.358 e. The van der Waals surface area contributed by atoms with Gasteiger partial charge in [-0.1, -0.05) is 36.4 Å². The Kier molecular flexibility index (Phi) is 18.3. The Labute approximate surface area is 385 Å². The fourth-order valence-corrected chi connectivity index (χ4v) is 5.65. The second-order valence-corrected chi connectivity index (χ2v) is 13.7. The first-order valence-corrected chi connectivity index (χ1v) is 19.5. The number of pyridine rings is 3. The molecule has 9 N–H and O–H groups in total. The number of carboxylic acids is 2. The van der Waals surface area contributed by atoms with Crippen molar-refractivity contribution in [3.63, 3.8) is 0 Å². The molecule has 21 nitrogen and oxygen atoms in total. The first-order valence-electron chi connectivity index (χ1n) is 19.5. The SMILES string of the molecule is COC(=O)c1[nH]cc(C(=O)NCc2ccc(F)cc2)c(=O)c1OC.COc1c(C(=O)O)[nH]cc(C(=O)NCc2ccc(F)cc2)c1=O.O=C(O)c1[nH]cc(C(=O)NCc2ccc(F)cc2)c(=O)c1O. The van der Waals surface area contributed by atoms with E-state index >= 15 is 0 Å². The number of carbonyl (C=O) groups is 6. The molecule has 24 heteroatoms. The fourth-order valence-electron chi connectivity index (χ4n) is 5.65. The zero-order valence-corrected chi connectivity index (χ0v) is 36.2. The molecule has 0 bridgehead atoms. The van der Waals surface area contributed by atoms with Crippen LogP contribution >= 0.6 is 0 Å². The average molecular weight is 961 g/mol. The van der Waals surface area contributed by atoms with E-state index < -0.39 is 92.0 Å². The van der Waals surface area contributed by atoms with Gasteiger partial charge in [0.15, 0.2) is 34.3 Å². The van der Waals surface area contributed by atoms with Gasteiger partial charge in [-0.25, -0.2) is 27.6 Å². The molecule has 3 amide bonds. The highest BCUT2D eigenvalue weighted by molar-refractivity contribution is 5.98. The molecule has 0 unspecified atom stereocenters. The minimum Gasteiger partial charge on any atom is -0.502 e. The molecule has 3 heterocycles. The molecule has 0 saturated carbocycles. The Balaban J connectivity index is 0.000000226. The number of H-pyrrole nitrogens is 3. The van der Waals surface area contributed by atoms with Crippen LogP contribution in [0.15, 0.2) is 106 Å². The lowest BCUT2D eigenvalue weighted by Gasteiger charge is -2.09. The molecule has 6 rings (SSSR count). The molecule has 0 aliphatic heterocycles. The molecule has 0 atom stereocenters. The van der Waals surface area contributed by atoms with Crippen molar-refractivity contribution in [1.82, 2.24) is 30.9 Å². The predicted octanol–water partition coefficient (Wildman–Crippen LogP) is 3.24. The van der Waals surface area contributed by atoms with E-state index in [2.05, 4.69) is 35.6 Å². The maximum absolute atomic E-state index is 12.8. The van der Waals surface area contributed by atoms with Crippen molar-refractivity contribution in [2.75, 3.05) is 21.3 Å². The third-order valence-corrected chi connectivity index (χ3v) is 9.19. The van der Waals surface area contributed by atoms with Crippen LogP contribution < -0.4 is 41.7 Å². The van der Waals surface area contributed by atoms with Crippen molar-refractivity contribution < 1.29 is 71.5 Å². The van der Waals surface area contributed by atoms with E-state index in [1.807, 2.05) is 0 Å². The van der Waals surface area contributed by atoms with Crippen LogP contribution in [0.2, 0.25) is 0 Å². The minimum atomic E-state index is -1.52. The Bertz CT molecular complexity index is 3050. The van der Waals surface area contributed by atoms with Crippen LogP contribution in [0.4, 0.5) is 13.2 Å². The molecular formula is C45H39F3N6O15. The van der Waals surface area contributed by atoms with Crippen LogP contribution in [-0.2, 0) is 24.4 Å². The highest BCUT2D eigenvalue weighted by atomic mass is 19.1. The summed E-state index contributed by atoms with van der Waals surface area (Å²) >= 11 is 0. The van der Waals surface area contributed by atoms with E-state index in [-0.39, 0.29) is 48.0 Å². The summed E-state index contributed by atoms with van der Waals surface area (Å²) in [5.41, 5.74) is -2.99. The minimum absolute atomic E-state index is 0.0417. The molecule has 0 saturated heterocycles. The number of hydrogen-bond acceptors (Lipinski definition) is 13. The third kappa shape index (κ3) is 13.8.